The van der Waals surface area contributed by atoms with E-state index in [1.54, 1.807) is 6.07 Å². The zero-order valence-corrected chi connectivity index (χ0v) is 5.83. The molecule has 2 atom stereocenters. The number of aliphatic hydroxyl groups excluding tert-OH is 1. The third-order valence-corrected chi connectivity index (χ3v) is 1.84. The quantitative estimate of drug-likeness (QED) is 0.542. The van der Waals surface area contributed by atoms with Crippen LogP contribution in [0.25, 0.3) is 0 Å². The Bertz CT molecular complexity index is 148. The van der Waals surface area contributed by atoms with Crippen LogP contribution in [0.2, 0.25) is 0 Å². The molecule has 2 unspecified atom stereocenters. The molecule has 0 aromatic rings. The van der Waals surface area contributed by atoms with Gasteiger partial charge in [0.25, 0.3) is 0 Å². The summed E-state index contributed by atoms with van der Waals surface area (Å²) in [6.45, 7) is 0. The van der Waals surface area contributed by atoms with Crippen molar-refractivity contribution in [1.29, 1.82) is 5.26 Å². The van der Waals surface area contributed by atoms with E-state index in [1.807, 2.05) is 0 Å². The van der Waals surface area contributed by atoms with Crippen LogP contribution >= 0.6 is 0 Å². The lowest BCUT2D eigenvalue weighted by molar-refractivity contribution is 0.190. The monoisotopic (exact) mass is 140 g/mol. The minimum absolute atomic E-state index is 0.336. The van der Waals surface area contributed by atoms with Crippen molar-refractivity contribution in [3.63, 3.8) is 0 Å². The molecule has 0 radical (unpaired) electrons. The largest absolute Gasteiger partial charge is 0.376 e. The van der Waals surface area contributed by atoms with E-state index >= 15 is 0 Å². The van der Waals surface area contributed by atoms with Gasteiger partial charge in [0, 0.05) is 6.04 Å². The van der Waals surface area contributed by atoms with Crippen LogP contribution in [0.15, 0.2) is 0 Å². The first-order valence-electron chi connectivity index (χ1n) is 3.57. The van der Waals surface area contributed by atoms with Gasteiger partial charge < -0.3 is 10.8 Å². The van der Waals surface area contributed by atoms with E-state index in [0.717, 1.165) is 6.42 Å². The fourth-order valence-electron chi connectivity index (χ4n) is 0.963. The molecule has 1 aliphatic carbocycles. The van der Waals surface area contributed by atoms with Crippen molar-refractivity contribution in [2.24, 2.45) is 11.7 Å². The van der Waals surface area contributed by atoms with Gasteiger partial charge in [-0.15, -0.1) is 0 Å². The molecule has 1 fully saturated rings. The number of aliphatic hydroxyl groups is 1. The Morgan fingerprint density at radius 1 is 1.70 bits per heavy atom. The molecule has 0 amide bonds. The van der Waals surface area contributed by atoms with E-state index in [9.17, 15) is 0 Å². The number of rotatable bonds is 3. The minimum Gasteiger partial charge on any atom is -0.376 e. The molecule has 56 valence electrons. The van der Waals surface area contributed by atoms with Crippen molar-refractivity contribution in [2.45, 2.75) is 31.4 Å². The molecule has 0 bridgehead atoms. The van der Waals surface area contributed by atoms with E-state index in [0.29, 0.717) is 5.92 Å². The van der Waals surface area contributed by atoms with E-state index in [2.05, 4.69) is 0 Å². The molecule has 1 aliphatic rings. The number of hydrogen-bond donors (Lipinski definition) is 2. The summed E-state index contributed by atoms with van der Waals surface area (Å²) in [4.78, 5) is 0. The molecular weight excluding hydrogens is 128 g/mol. The van der Waals surface area contributed by atoms with E-state index in [4.69, 9.17) is 16.1 Å². The topological polar surface area (TPSA) is 70.0 Å². The van der Waals surface area contributed by atoms with E-state index < -0.39 is 6.10 Å². The van der Waals surface area contributed by atoms with Gasteiger partial charge in [-0.25, -0.2) is 0 Å². The smallest absolute Gasteiger partial charge is 0.155 e. The van der Waals surface area contributed by atoms with Crippen LogP contribution < -0.4 is 5.73 Å². The van der Waals surface area contributed by atoms with Crippen LogP contribution in [0.3, 0.4) is 0 Å². The summed E-state index contributed by atoms with van der Waals surface area (Å²) >= 11 is 0. The first kappa shape index (κ1) is 7.52. The third kappa shape index (κ3) is 1.98. The highest BCUT2D eigenvalue weighted by Gasteiger charge is 2.26. The molecule has 0 aromatic heterocycles. The summed E-state index contributed by atoms with van der Waals surface area (Å²) in [5.74, 6) is 0.679. The molecule has 0 heterocycles. The van der Waals surface area contributed by atoms with Crippen molar-refractivity contribution in [1.82, 2.24) is 0 Å². The number of hydrogen-bond acceptors (Lipinski definition) is 3. The average molecular weight is 140 g/mol. The lowest BCUT2D eigenvalue weighted by Gasteiger charge is -2.10. The van der Waals surface area contributed by atoms with Crippen molar-refractivity contribution in [3.8, 4) is 6.07 Å². The maximum Gasteiger partial charge on any atom is 0.155 e. The van der Waals surface area contributed by atoms with Gasteiger partial charge in [-0.05, 0) is 12.3 Å². The highest BCUT2D eigenvalue weighted by Crippen LogP contribution is 2.33. The number of nitrogens with zero attached hydrogens (tertiary/aromatic N) is 1. The molecule has 1 rings (SSSR count). The second-order valence-corrected chi connectivity index (χ2v) is 2.92. The van der Waals surface area contributed by atoms with Gasteiger partial charge >= 0.3 is 0 Å². The van der Waals surface area contributed by atoms with Gasteiger partial charge in [0.2, 0.25) is 0 Å². The Morgan fingerprint density at radius 2 is 2.30 bits per heavy atom. The molecule has 3 heteroatoms. The zero-order chi connectivity index (χ0) is 7.56. The first-order valence-corrected chi connectivity index (χ1v) is 3.57. The Labute approximate surface area is 60.4 Å². The zero-order valence-electron chi connectivity index (χ0n) is 5.83. The predicted molar refractivity (Wildman–Crippen MR) is 36.9 cm³/mol. The SMILES string of the molecule is N#CC(O)C(N)CC1CC1. The second-order valence-electron chi connectivity index (χ2n) is 2.92. The maximum atomic E-state index is 8.92. The van der Waals surface area contributed by atoms with E-state index in [1.165, 1.54) is 12.8 Å². The summed E-state index contributed by atoms with van der Waals surface area (Å²) in [7, 11) is 0. The van der Waals surface area contributed by atoms with Crippen LogP contribution in [0.4, 0.5) is 0 Å². The summed E-state index contributed by atoms with van der Waals surface area (Å²) in [5, 5.41) is 17.2. The van der Waals surface area contributed by atoms with Crippen LogP contribution in [-0.2, 0) is 0 Å². The standard InChI is InChI=1S/C7H12N2O/c8-4-7(10)6(9)3-5-1-2-5/h5-7,10H,1-3,9H2. The summed E-state index contributed by atoms with van der Waals surface area (Å²) in [5.41, 5.74) is 5.50. The summed E-state index contributed by atoms with van der Waals surface area (Å²) < 4.78 is 0. The average Bonchev–Trinajstić information content (AvgIpc) is 2.70. The third-order valence-electron chi connectivity index (χ3n) is 1.84. The van der Waals surface area contributed by atoms with Crippen molar-refractivity contribution < 1.29 is 5.11 Å². The highest BCUT2D eigenvalue weighted by atomic mass is 16.3. The van der Waals surface area contributed by atoms with Crippen molar-refractivity contribution in [3.05, 3.63) is 0 Å². The fraction of sp³-hybridized carbons (Fsp3) is 0.857. The normalized spacial score (nSPS) is 23.3. The van der Waals surface area contributed by atoms with Crippen molar-refractivity contribution in [2.75, 3.05) is 0 Å². The highest BCUT2D eigenvalue weighted by molar-refractivity contribution is 4.93. The van der Waals surface area contributed by atoms with Gasteiger partial charge in [0.1, 0.15) is 0 Å². The summed E-state index contributed by atoms with van der Waals surface area (Å²) in [6.07, 6.45) is 2.26. The van der Waals surface area contributed by atoms with Gasteiger partial charge in [0.15, 0.2) is 6.10 Å². The lowest BCUT2D eigenvalue weighted by atomic mass is 10.1. The van der Waals surface area contributed by atoms with Crippen LogP contribution in [0, 0.1) is 17.2 Å². The van der Waals surface area contributed by atoms with Crippen molar-refractivity contribution >= 4 is 0 Å². The molecule has 0 aromatic carbocycles. The van der Waals surface area contributed by atoms with Gasteiger partial charge in [-0.2, -0.15) is 5.26 Å². The summed E-state index contributed by atoms with van der Waals surface area (Å²) in [6, 6.07) is 1.39. The van der Waals surface area contributed by atoms with Crippen LogP contribution in [-0.4, -0.2) is 17.3 Å². The number of nitrogens with two attached hydrogens (primary N) is 1. The Morgan fingerprint density at radius 3 is 2.70 bits per heavy atom. The predicted octanol–water partition coefficient (Wildman–Crippen LogP) is -0.00172. The molecule has 0 aliphatic heterocycles. The second kappa shape index (κ2) is 3.00. The molecule has 0 saturated heterocycles. The van der Waals surface area contributed by atoms with Gasteiger partial charge in [-0.3, -0.25) is 0 Å². The van der Waals surface area contributed by atoms with E-state index in [-0.39, 0.29) is 6.04 Å². The van der Waals surface area contributed by atoms with Crippen LogP contribution in [0.5, 0.6) is 0 Å². The maximum absolute atomic E-state index is 8.92. The van der Waals surface area contributed by atoms with Gasteiger partial charge in [0.05, 0.1) is 6.07 Å². The Balaban J connectivity index is 2.19. The van der Waals surface area contributed by atoms with Crippen LogP contribution in [0.1, 0.15) is 19.3 Å². The lowest BCUT2D eigenvalue weighted by Crippen LogP contribution is -2.33. The Kier molecular flexibility index (Phi) is 2.25. The minimum atomic E-state index is -0.972. The molecule has 3 nitrogen and oxygen atoms in total. The fourth-order valence-corrected chi connectivity index (χ4v) is 0.963. The van der Waals surface area contributed by atoms with Gasteiger partial charge in [-0.1, -0.05) is 12.8 Å². The number of nitriles is 1. The molecule has 3 N–H and O–H groups in total. The molecule has 10 heavy (non-hydrogen) atoms. The molecule has 0 spiro atoms. The Hall–Kier alpha value is -0.590. The molecular formula is C7H12N2O. The first-order chi connectivity index (χ1) is 4.74. The molecule has 1 saturated carbocycles.